The van der Waals surface area contributed by atoms with Gasteiger partial charge >= 0.3 is 6.18 Å². The van der Waals surface area contributed by atoms with E-state index in [1.807, 2.05) is 0 Å². The fourth-order valence-electron chi connectivity index (χ4n) is 1.64. The van der Waals surface area contributed by atoms with E-state index in [1.165, 1.54) is 12.4 Å². The molecule has 0 saturated heterocycles. The number of carbonyl (C=O) groups is 1. The van der Waals surface area contributed by atoms with Gasteiger partial charge in [-0.15, -0.1) is 0 Å². The van der Waals surface area contributed by atoms with Crippen molar-refractivity contribution in [1.82, 2.24) is 9.78 Å². The van der Waals surface area contributed by atoms with Gasteiger partial charge in [0.25, 0.3) is 0 Å². The Morgan fingerprint density at radius 3 is 2.67 bits per heavy atom. The van der Waals surface area contributed by atoms with Crippen molar-refractivity contribution in [3.8, 4) is 11.1 Å². The topological polar surface area (TPSA) is 34.9 Å². The highest BCUT2D eigenvalue weighted by atomic mass is 19.4. The van der Waals surface area contributed by atoms with Crippen LogP contribution in [0.4, 0.5) is 13.2 Å². The van der Waals surface area contributed by atoms with Gasteiger partial charge < -0.3 is 0 Å². The zero-order valence-corrected chi connectivity index (χ0v) is 9.19. The maximum absolute atomic E-state index is 12.2. The maximum Gasteiger partial charge on any atom is 0.408 e. The first kappa shape index (κ1) is 12.3. The van der Waals surface area contributed by atoms with Gasteiger partial charge in [-0.1, -0.05) is 24.3 Å². The van der Waals surface area contributed by atoms with Crippen molar-refractivity contribution in [3.63, 3.8) is 0 Å². The number of benzene rings is 1. The Kier molecular flexibility index (Phi) is 3.18. The van der Waals surface area contributed by atoms with Crippen molar-refractivity contribution in [2.24, 2.45) is 0 Å². The minimum Gasteiger partial charge on any atom is -0.298 e. The third-order valence-corrected chi connectivity index (χ3v) is 2.37. The maximum atomic E-state index is 12.2. The van der Waals surface area contributed by atoms with Crippen LogP contribution in [0.5, 0.6) is 0 Å². The summed E-state index contributed by atoms with van der Waals surface area (Å²) in [5.74, 6) is 0. The van der Waals surface area contributed by atoms with Gasteiger partial charge in [-0.05, 0) is 5.56 Å². The van der Waals surface area contributed by atoms with Crippen LogP contribution in [0.1, 0.15) is 10.4 Å². The van der Waals surface area contributed by atoms with E-state index < -0.39 is 12.7 Å². The molecular formula is C12H9F3N2O. The molecule has 1 heterocycles. The molecule has 1 aromatic carbocycles. The molecular weight excluding hydrogens is 245 g/mol. The van der Waals surface area contributed by atoms with Crippen LogP contribution in [0.25, 0.3) is 11.1 Å². The smallest absolute Gasteiger partial charge is 0.298 e. The van der Waals surface area contributed by atoms with Crippen molar-refractivity contribution in [1.29, 1.82) is 0 Å². The summed E-state index contributed by atoms with van der Waals surface area (Å²) in [6.07, 6.45) is -1.06. The highest BCUT2D eigenvalue weighted by Gasteiger charge is 2.28. The Balaban J connectivity index is 2.32. The van der Waals surface area contributed by atoms with Gasteiger partial charge in [-0.25, -0.2) is 0 Å². The van der Waals surface area contributed by atoms with Gasteiger partial charge in [-0.2, -0.15) is 18.3 Å². The fraction of sp³-hybridized carbons (Fsp3) is 0.167. The Bertz CT molecular complexity index is 560. The Labute approximate surface area is 101 Å². The van der Waals surface area contributed by atoms with Crippen LogP contribution in [0, 0.1) is 0 Å². The first-order valence-electron chi connectivity index (χ1n) is 5.13. The predicted octanol–water partition coefficient (Wildman–Crippen LogP) is 2.92. The summed E-state index contributed by atoms with van der Waals surface area (Å²) in [7, 11) is 0. The monoisotopic (exact) mass is 254 g/mol. The SMILES string of the molecule is O=Cc1ccccc1-c1cnn(CC(F)(F)F)c1. The molecule has 0 aliphatic carbocycles. The van der Waals surface area contributed by atoms with Gasteiger partial charge in [0.2, 0.25) is 0 Å². The van der Waals surface area contributed by atoms with Gasteiger partial charge in [0, 0.05) is 17.3 Å². The summed E-state index contributed by atoms with van der Waals surface area (Å²) in [6, 6.07) is 6.67. The summed E-state index contributed by atoms with van der Waals surface area (Å²) < 4.78 is 37.3. The highest BCUT2D eigenvalue weighted by Crippen LogP contribution is 2.23. The molecule has 3 nitrogen and oxygen atoms in total. The standard InChI is InChI=1S/C12H9F3N2O/c13-12(14,15)8-17-6-10(5-16-17)11-4-2-1-3-9(11)7-18/h1-7H,8H2. The second kappa shape index (κ2) is 4.64. The molecule has 0 fully saturated rings. The van der Waals surface area contributed by atoms with Crippen molar-refractivity contribution in [2.45, 2.75) is 12.7 Å². The first-order valence-corrected chi connectivity index (χ1v) is 5.13. The van der Waals surface area contributed by atoms with Gasteiger partial charge in [0.1, 0.15) is 6.54 Å². The average Bonchev–Trinajstić information content (AvgIpc) is 2.75. The molecule has 6 heteroatoms. The number of carbonyl (C=O) groups excluding carboxylic acids is 1. The van der Waals surface area contributed by atoms with E-state index in [4.69, 9.17) is 0 Å². The second-order valence-corrected chi connectivity index (χ2v) is 3.75. The number of nitrogens with zero attached hydrogens (tertiary/aromatic N) is 2. The summed E-state index contributed by atoms with van der Waals surface area (Å²) in [5.41, 5.74) is 1.48. The molecule has 0 spiro atoms. The van der Waals surface area contributed by atoms with Gasteiger partial charge in [0.15, 0.2) is 6.29 Å². The van der Waals surface area contributed by atoms with E-state index >= 15 is 0 Å². The number of hydrogen-bond donors (Lipinski definition) is 0. The zero-order chi connectivity index (χ0) is 13.2. The number of aromatic nitrogens is 2. The molecule has 0 bridgehead atoms. The van der Waals surface area contributed by atoms with E-state index in [2.05, 4.69) is 5.10 Å². The van der Waals surface area contributed by atoms with Crippen molar-refractivity contribution in [2.75, 3.05) is 0 Å². The van der Waals surface area contributed by atoms with E-state index in [0.717, 1.165) is 4.68 Å². The van der Waals surface area contributed by atoms with Crippen LogP contribution in [-0.4, -0.2) is 22.2 Å². The first-order chi connectivity index (χ1) is 8.49. The number of aldehydes is 1. The lowest BCUT2D eigenvalue weighted by atomic mass is 10.0. The third kappa shape index (κ3) is 2.77. The summed E-state index contributed by atoms with van der Waals surface area (Å²) in [6.45, 7) is -1.14. The third-order valence-electron chi connectivity index (χ3n) is 2.37. The normalized spacial score (nSPS) is 11.5. The summed E-state index contributed by atoms with van der Waals surface area (Å²) >= 11 is 0. The Morgan fingerprint density at radius 1 is 1.28 bits per heavy atom. The van der Waals surface area contributed by atoms with Crippen LogP contribution in [-0.2, 0) is 6.54 Å². The van der Waals surface area contributed by atoms with Crippen LogP contribution < -0.4 is 0 Å². The van der Waals surface area contributed by atoms with Crippen LogP contribution in [0.15, 0.2) is 36.7 Å². The number of hydrogen-bond acceptors (Lipinski definition) is 2. The van der Waals surface area contributed by atoms with Crippen LogP contribution >= 0.6 is 0 Å². The highest BCUT2D eigenvalue weighted by molar-refractivity contribution is 5.87. The lowest BCUT2D eigenvalue weighted by Gasteiger charge is -2.05. The summed E-state index contributed by atoms with van der Waals surface area (Å²) in [4.78, 5) is 10.8. The molecule has 1 aromatic heterocycles. The minimum atomic E-state index is -4.31. The van der Waals surface area contributed by atoms with Crippen molar-refractivity contribution < 1.29 is 18.0 Å². The number of alkyl halides is 3. The molecule has 0 aliphatic rings. The van der Waals surface area contributed by atoms with Crippen LogP contribution in [0.3, 0.4) is 0 Å². The van der Waals surface area contributed by atoms with Crippen molar-refractivity contribution >= 4 is 6.29 Å². The van der Waals surface area contributed by atoms with E-state index in [-0.39, 0.29) is 0 Å². The molecule has 94 valence electrons. The zero-order valence-electron chi connectivity index (χ0n) is 9.19. The molecule has 0 N–H and O–H groups in total. The van der Waals surface area contributed by atoms with Gasteiger partial charge in [-0.3, -0.25) is 9.48 Å². The second-order valence-electron chi connectivity index (χ2n) is 3.75. The molecule has 2 rings (SSSR count). The van der Waals surface area contributed by atoms with E-state index in [0.29, 0.717) is 23.0 Å². The lowest BCUT2D eigenvalue weighted by molar-refractivity contribution is -0.142. The molecule has 18 heavy (non-hydrogen) atoms. The summed E-state index contributed by atoms with van der Waals surface area (Å²) in [5, 5.41) is 3.63. The molecule has 0 radical (unpaired) electrons. The molecule has 0 atom stereocenters. The molecule has 0 unspecified atom stereocenters. The predicted molar refractivity (Wildman–Crippen MR) is 59.1 cm³/mol. The quantitative estimate of drug-likeness (QED) is 0.789. The molecule has 2 aromatic rings. The van der Waals surface area contributed by atoms with Gasteiger partial charge in [0.05, 0.1) is 6.20 Å². The molecule has 0 aliphatic heterocycles. The minimum absolute atomic E-state index is 0.420. The van der Waals surface area contributed by atoms with E-state index in [1.54, 1.807) is 24.3 Å². The lowest BCUT2D eigenvalue weighted by Crippen LogP contribution is -2.17. The van der Waals surface area contributed by atoms with E-state index in [9.17, 15) is 18.0 Å². The largest absolute Gasteiger partial charge is 0.408 e. The Hall–Kier alpha value is -2.11. The number of halogens is 3. The fourth-order valence-corrected chi connectivity index (χ4v) is 1.64. The number of rotatable bonds is 3. The molecule has 0 saturated carbocycles. The van der Waals surface area contributed by atoms with Crippen LogP contribution in [0.2, 0.25) is 0 Å². The Morgan fingerprint density at radius 2 is 2.00 bits per heavy atom. The van der Waals surface area contributed by atoms with Crippen molar-refractivity contribution in [3.05, 3.63) is 42.2 Å². The average molecular weight is 254 g/mol. The molecule has 0 amide bonds.